The van der Waals surface area contributed by atoms with Gasteiger partial charge in [-0.2, -0.15) is 22.0 Å². The maximum absolute atomic E-state index is 14.6. The molecule has 2 aromatic carbocycles. The number of rotatable bonds is 6. The molecule has 0 saturated carbocycles. The van der Waals surface area contributed by atoms with Gasteiger partial charge in [-0.1, -0.05) is 24.3 Å². The van der Waals surface area contributed by atoms with E-state index in [4.69, 9.17) is 10.1 Å². The Morgan fingerprint density at radius 1 is 1.00 bits per heavy atom. The summed E-state index contributed by atoms with van der Waals surface area (Å²) < 4.78 is 97.1. The molecule has 3 rings (SSSR count). The van der Waals surface area contributed by atoms with Crippen LogP contribution in [0.25, 0.3) is 11.1 Å². The molecule has 0 amide bonds. The van der Waals surface area contributed by atoms with Crippen LogP contribution in [-0.2, 0) is 5.92 Å². The van der Waals surface area contributed by atoms with Gasteiger partial charge in [0, 0.05) is 28.3 Å². The molecule has 0 saturated heterocycles. The van der Waals surface area contributed by atoms with Gasteiger partial charge in [-0.25, -0.2) is 8.78 Å². The van der Waals surface area contributed by atoms with Crippen molar-refractivity contribution in [2.75, 3.05) is 13.7 Å². The zero-order valence-electron chi connectivity index (χ0n) is 17.8. The fourth-order valence-electron chi connectivity index (χ4n) is 2.73. The number of benzene rings is 2. The minimum atomic E-state index is -4.48. The minimum absolute atomic E-state index is 0.0263. The van der Waals surface area contributed by atoms with Gasteiger partial charge in [0.2, 0.25) is 0 Å². The highest BCUT2D eigenvalue weighted by Gasteiger charge is 2.44. The number of aliphatic hydroxyl groups excluding tert-OH is 1. The molecule has 3 aromatic rings. The monoisotopic (exact) mass is 506 g/mol. The molecular weight excluding hydrogens is 489 g/mol. The van der Waals surface area contributed by atoms with Crippen LogP contribution in [0.3, 0.4) is 0 Å². The maximum Gasteiger partial charge on any atom is 0.422 e. The Morgan fingerprint density at radius 2 is 1.57 bits per heavy atom. The summed E-state index contributed by atoms with van der Waals surface area (Å²) in [6.07, 6.45) is -6.01. The molecule has 0 aliphatic rings. The van der Waals surface area contributed by atoms with E-state index in [0.717, 1.165) is 31.4 Å². The highest BCUT2D eigenvalue weighted by Crippen LogP contribution is 2.40. The summed E-state index contributed by atoms with van der Waals surface area (Å²) in [6.45, 7) is -1.45. The van der Waals surface area contributed by atoms with Crippen LogP contribution in [0.15, 0.2) is 60.8 Å². The third-order valence-corrected chi connectivity index (χ3v) is 4.30. The van der Waals surface area contributed by atoms with E-state index in [9.17, 15) is 35.8 Å². The second kappa shape index (κ2) is 11.1. The summed E-state index contributed by atoms with van der Waals surface area (Å²) in [5, 5.41) is 18.8. The zero-order chi connectivity index (χ0) is 26.4. The number of hydrogen-bond acceptors (Lipinski definition) is 5. The topological polar surface area (TPSA) is 85.5 Å². The van der Waals surface area contributed by atoms with Crippen molar-refractivity contribution in [2.24, 2.45) is 0 Å². The van der Waals surface area contributed by atoms with Crippen LogP contribution in [-0.4, -0.2) is 34.8 Å². The Labute approximate surface area is 193 Å². The van der Waals surface area contributed by atoms with Crippen LogP contribution in [0.2, 0.25) is 0 Å². The van der Waals surface area contributed by atoms with E-state index in [1.165, 1.54) is 30.3 Å². The van der Waals surface area contributed by atoms with Gasteiger partial charge < -0.3 is 9.84 Å². The van der Waals surface area contributed by atoms with E-state index in [1.54, 1.807) is 0 Å². The second-order valence-electron chi connectivity index (χ2n) is 6.99. The Hall–Kier alpha value is -3.74. The number of nitrogens with zero attached hydrogens (tertiary/aromatic N) is 2. The first-order valence-corrected chi connectivity index (χ1v) is 9.56. The van der Waals surface area contributed by atoms with E-state index in [-0.39, 0.29) is 5.75 Å². The average Bonchev–Trinajstić information content (AvgIpc) is 2.77. The molecular formula is C22H17F7N2O4. The molecule has 13 heteroatoms. The summed E-state index contributed by atoms with van der Waals surface area (Å²) in [4.78, 5) is 11.9. The predicted octanol–water partition coefficient (Wildman–Crippen LogP) is 5.69. The molecule has 1 N–H and O–H groups in total. The number of ether oxygens (including phenoxy) is 1. The normalized spacial score (nSPS) is 12.4. The van der Waals surface area contributed by atoms with Crippen molar-refractivity contribution in [1.82, 2.24) is 4.98 Å². The Morgan fingerprint density at radius 3 is 2.06 bits per heavy atom. The molecule has 35 heavy (non-hydrogen) atoms. The van der Waals surface area contributed by atoms with E-state index in [0.29, 0.717) is 17.2 Å². The number of alkyl halides is 5. The molecule has 188 valence electrons. The molecule has 0 aliphatic heterocycles. The van der Waals surface area contributed by atoms with Crippen molar-refractivity contribution in [3.8, 4) is 16.9 Å². The van der Waals surface area contributed by atoms with Crippen molar-refractivity contribution < 1.29 is 45.5 Å². The lowest BCUT2D eigenvalue weighted by molar-refractivity contribution is -0.445. The average molecular weight is 506 g/mol. The first kappa shape index (κ1) is 27.5. The zero-order valence-corrected chi connectivity index (χ0v) is 17.8. The molecule has 0 bridgehead atoms. The van der Waals surface area contributed by atoms with Gasteiger partial charge in [-0.05, 0) is 29.8 Å². The summed E-state index contributed by atoms with van der Waals surface area (Å²) in [5.74, 6) is -6.31. The minimum Gasteiger partial charge on any atom is -0.484 e. The first-order valence-electron chi connectivity index (χ1n) is 9.56. The highest BCUT2D eigenvalue weighted by atomic mass is 19.4. The van der Waals surface area contributed by atoms with Gasteiger partial charge in [0.15, 0.2) is 19.8 Å². The summed E-state index contributed by atoms with van der Waals surface area (Å²) in [6, 6.07) is 9.44. The number of aliphatic hydroxyl groups is 1. The van der Waals surface area contributed by atoms with E-state index >= 15 is 0 Å². The molecule has 6 nitrogen and oxygen atoms in total. The number of halogens is 7. The standard InChI is InChI=1S/C21H14F7NO2.CH3NO2/c22-14-4-7-16(17(23)9-14)19(30)21(27,28)18-8-3-13(10-29-18)12-1-5-15(6-2-12)31-11-20(24,25)26;1-2(3)4/h1-10,19,30H,11H2;1H3. The summed E-state index contributed by atoms with van der Waals surface area (Å²) in [7, 11) is 0.889. The fourth-order valence-corrected chi connectivity index (χ4v) is 2.73. The molecule has 0 spiro atoms. The molecule has 1 aromatic heterocycles. The maximum atomic E-state index is 14.6. The number of hydrogen-bond donors (Lipinski definition) is 1. The van der Waals surface area contributed by atoms with Gasteiger partial charge in [0.1, 0.15) is 23.1 Å². The Balaban J connectivity index is 0.00000100. The third-order valence-electron chi connectivity index (χ3n) is 4.30. The molecule has 0 fully saturated rings. The highest BCUT2D eigenvalue weighted by molar-refractivity contribution is 5.63. The van der Waals surface area contributed by atoms with Crippen LogP contribution in [0.5, 0.6) is 5.75 Å². The van der Waals surface area contributed by atoms with Crippen LogP contribution >= 0.6 is 0 Å². The lowest BCUT2D eigenvalue weighted by atomic mass is 9.99. The van der Waals surface area contributed by atoms with Gasteiger partial charge >= 0.3 is 12.1 Å². The molecule has 0 aliphatic carbocycles. The third kappa shape index (κ3) is 7.91. The van der Waals surface area contributed by atoms with Crippen LogP contribution in [0.4, 0.5) is 30.7 Å². The molecule has 1 unspecified atom stereocenters. The Kier molecular flexibility index (Phi) is 8.74. The summed E-state index contributed by atoms with van der Waals surface area (Å²) in [5.41, 5.74) is -0.805. The van der Waals surface area contributed by atoms with Gasteiger partial charge in [0.25, 0.3) is 0 Å². The Bertz CT molecular complexity index is 1130. The van der Waals surface area contributed by atoms with E-state index in [1.807, 2.05) is 0 Å². The molecule has 1 atom stereocenters. The van der Waals surface area contributed by atoms with Crippen LogP contribution in [0, 0.1) is 21.7 Å². The van der Waals surface area contributed by atoms with Crippen molar-refractivity contribution in [3.05, 3.63) is 93.8 Å². The van der Waals surface area contributed by atoms with Crippen LogP contribution < -0.4 is 4.74 Å². The summed E-state index contributed by atoms with van der Waals surface area (Å²) >= 11 is 0. The first-order chi connectivity index (χ1) is 16.2. The molecule has 0 radical (unpaired) electrons. The van der Waals surface area contributed by atoms with Crippen molar-refractivity contribution in [2.45, 2.75) is 18.2 Å². The van der Waals surface area contributed by atoms with Gasteiger partial charge in [-0.3, -0.25) is 15.1 Å². The lowest BCUT2D eigenvalue weighted by Gasteiger charge is -2.23. The SMILES string of the molecule is C[N+](=O)[O-].OC(c1ccc(F)cc1F)C(F)(F)c1ccc(-c2ccc(OCC(F)(F)F)cc2)cn1. The molecule has 1 heterocycles. The van der Waals surface area contributed by atoms with E-state index in [2.05, 4.69) is 9.72 Å². The quantitative estimate of drug-likeness (QED) is 0.264. The van der Waals surface area contributed by atoms with E-state index < -0.39 is 52.6 Å². The van der Waals surface area contributed by atoms with Crippen molar-refractivity contribution in [3.63, 3.8) is 0 Å². The number of aromatic nitrogens is 1. The smallest absolute Gasteiger partial charge is 0.422 e. The largest absolute Gasteiger partial charge is 0.484 e. The van der Waals surface area contributed by atoms with Crippen molar-refractivity contribution >= 4 is 0 Å². The second-order valence-corrected chi connectivity index (χ2v) is 6.99. The van der Waals surface area contributed by atoms with Gasteiger partial charge in [0.05, 0.1) is 0 Å². The predicted molar refractivity (Wildman–Crippen MR) is 109 cm³/mol. The fraction of sp³-hybridized carbons (Fsp3) is 0.227. The lowest BCUT2D eigenvalue weighted by Crippen LogP contribution is -2.25. The van der Waals surface area contributed by atoms with Crippen molar-refractivity contribution in [1.29, 1.82) is 0 Å². The van der Waals surface area contributed by atoms with Gasteiger partial charge in [-0.15, -0.1) is 0 Å². The van der Waals surface area contributed by atoms with Crippen LogP contribution in [0.1, 0.15) is 17.4 Å². The number of pyridine rings is 1. The number of nitro groups is 1.